The van der Waals surface area contributed by atoms with Gasteiger partial charge in [-0.1, -0.05) is 18.9 Å². The van der Waals surface area contributed by atoms with Gasteiger partial charge in [0.05, 0.1) is 11.7 Å². The first kappa shape index (κ1) is 16.1. The topological polar surface area (TPSA) is 45.2 Å². The maximum atomic E-state index is 13.4. The van der Waals surface area contributed by atoms with Crippen molar-refractivity contribution in [1.82, 2.24) is 15.2 Å². The highest BCUT2D eigenvalue weighted by molar-refractivity contribution is 5.87. The predicted molar refractivity (Wildman–Crippen MR) is 94.6 cm³/mol. The summed E-state index contributed by atoms with van der Waals surface area (Å²) in [5, 5.41) is 3.45. The molecule has 0 spiro atoms. The van der Waals surface area contributed by atoms with E-state index in [9.17, 15) is 4.79 Å². The van der Waals surface area contributed by atoms with E-state index in [1.165, 1.54) is 44.1 Å². The van der Waals surface area contributed by atoms with E-state index in [1.807, 2.05) is 12.3 Å². The molecule has 1 aromatic heterocycles. The van der Waals surface area contributed by atoms with Crippen molar-refractivity contribution in [2.45, 2.75) is 69.9 Å². The average Bonchev–Trinajstić information content (AvgIpc) is 3.08. The summed E-state index contributed by atoms with van der Waals surface area (Å²) in [5.41, 5.74) is 2.02. The first-order chi connectivity index (χ1) is 11.7. The highest BCUT2D eigenvalue weighted by Crippen LogP contribution is 2.43. The Morgan fingerprint density at radius 1 is 1.25 bits per heavy atom. The maximum absolute atomic E-state index is 13.4. The summed E-state index contributed by atoms with van der Waals surface area (Å²) >= 11 is 0. The molecule has 130 valence electrons. The lowest BCUT2D eigenvalue weighted by Crippen LogP contribution is -2.57. The zero-order chi connectivity index (χ0) is 16.6. The van der Waals surface area contributed by atoms with Crippen LogP contribution in [0.25, 0.3) is 0 Å². The van der Waals surface area contributed by atoms with E-state index in [4.69, 9.17) is 0 Å². The number of nitrogens with one attached hydrogen (secondary N) is 1. The molecule has 1 atom stereocenters. The molecule has 3 aliphatic rings. The largest absolute Gasteiger partial charge is 0.346 e. The Morgan fingerprint density at radius 3 is 2.58 bits per heavy atom. The molecule has 1 saturated heterocycles. The van der Waals surface area contributed by atoms with Gasteiger partial charge in [0.25, 0.3) is 0 Å². The fraction of sp³-hybridized carbons (Fsp3) is 0.700. The van der Waals surface area contributed by atoms with Gasteiger partial charge < -0.3 is 5.32 Å². The van der Waals surface area contributed by atoms with Crippen LogP contribution in [0.3, 0.4) is 0 Å². The predicted octanol–water partition coefficient (Wildman–Crippen LogP) is 3.37. The smallest absolute Gasteiger partial charge is 0.241 e. The van der Waals surface area contributed by atoms with Crippen molar-refractivity contribution in [3.8, 4) is 0 Å². The molecular weight excluding hydrogens is 298 g/mol. The SMILES string of the molecule is Cc1cccnc1C(NC(=O)C1(N2CCCC2)CCCC1)C1CC1. The van der Waals surface area contributed by atoms with Crippen molar-refractivity contribution in [1.29, 1.82) is 0 Å². The summed E-state index contributed by atoms with van der Waals surface area (Å²) in [7, 11) is 0. The molecule has 4 nitrogen and oxygen atoms in total. The number of nitrogens with zero attached hydrogens (tertiary/aromatic N) is 2. The molecule has 0 bridgehead atoms. The number of carbonyl (C=O) groups excluding carboxylic acids is 1. The van der Waals surface area contributed by atoms with Crippen molar-refractivity contribution < 1.29 is 4.79 Å². The first-order valence-corrected chi connectivity index (χ1v) is 9.68. The van der Waals surface area contributed by atoms with Gasteiger partial charge in [0.2, 0.25) is 5.91 Å². The first-order valence-electron chi connectivity index (χ1n) is 9.68. The van der Waals surface area contributed by atoms with E-state index in [1.54, 1.807) is 0 Å². The molecular formula is C20H29N3O. The van der Waals surface area contributed by atoms with E-state index in [0.717, 1.165) is 31.6 Å². The third-order valence-corrected chi connectivity index (χ3v) is 6.29. The van der Waals surface area contributed by atoms with Gasteiger partial charge in [-0.15, -0.1) is 0 Å². The van der Waals surface area contributed by atoms with Gasteiger partial charge in [-0.3, -0.25) is 14.7 Å². The summed E-state index contributed by atoms with van der Waals surface area (Å²) < 4.78 is 0. The standard InChI is InChI=1S/C20H29N3O/c1-15-7-6-12-21-17(15)18(16-8-9-16)22-19(24)20(10-2-3-11-20)23-13-4-5-14-23/h6-7,12,16,18H,2-5,8-11,13-14H2,1H3,(H,22,24). The number of likely N-dealkylation sites (tertiary alicyclic amines) is 1. The summed E-state index contributed by atoms with van der Waals surface area (Å²) in [4.78, 5) is 20.5. The van der Waals surface area contributed by atoms with E-state index in [0.29, 0.717) is 5.92 Å². The van der Waals surface area contributed by atoms with Gasteiger partial charge in [-0.05, 0) is 76.1 Å². The van der Waals surface area contributed by atoms with E-state index in [-0.39, 0.29) is 17.5 Å². The quantitative estimate of drug-likeness (QED) is 0.902. The second-order valence-electron chi connectivity index (χ2n) is 7.93. The summed E-state index contributed by atoms with van der Waals surface area (Å²) in [5.74, 6) is 0.837. The van der Waals surface area contributed by atoms with E-state index in [2.05, 4.69) is 28.2 Å². The van der Waals surface area contributed by atoms with Crippen LogP contribution < -0.4 is 5.32 Å². The van der Waals surface area contributed by atoms with Gasteiger partial charge in [-0.25, -0.2) is 0 Å². The van der Waals surface area contributed by atoms with Crippen LogP contribution in [0.15, 0.2) is 18.3 Å². The van der Waals surface area contributed by atoms with E-state index >= 15 is 0 Å². The molecule has 1 unspecified atom stereocenters. The number of aryl methyl sites for hydroxylation is 1. The Morgan fingerprint density at radius 2 is 1.96 bits per heavy atom. The lowest BCUT2D eigenvalue weighted by molar-refractivity contribution is -0.133. The molecule has 2 aliphatic carbocycles. The second-order valence-corrected chi connectivity index (χ2v) is 7.93. The zero-order valence-corrected chi connectivity index (χ0v) is 14.8. The molecule has 0 radical (unpaired) electrons. The minimum atomic E-state index is -0.244. The van der Waals surface area contributed by atoms with Crippen molar-refractivity contribution in [3.05, 3.63) is 29.6 Å². The highest BCUT2D eigenvalue weighted by Gasteiger charge is 2.48. The number of hydrogen-bond donors (Lipinski definition) is 1. The normalized spacial score (nSPS) is 24.9. The van der Waals surface area contributed by atoms with Crippen LogP contribution in [0, 0.1) is 12.8 Å². The number of aromatic nitrogens is 1. The molecule has 4 heteroatoms. The van der Waals surface area contributed by atoms with Gasteiger partial charge in [0, 0.05) is 6.20 Å². The zero-order valence-electron chi connectivity index (χ0n) is 14.8. The van der Waals surface area contributed by atoms with Crippen LogP contribution >= 0.6 is 0 Å². The number of carbonyl (C=O) groups is 1. The maximum Gasteiger partial charge on any atom is 0.241 e. The van der Waals surface area contributed by atoms with Gasteiger partial charge in [0.1, 0.15) is 5.54 Å². The van der Waals surface area contributed by atoms with Crippen molar-refractivity contribution in [2.75, 3.05) is 13.1 Å². The lowest BCUT2D eigenvalue weighted by Gasteiger charge is -2.38. The number of hydrogen-bond acceptors (Lipinski definition) is 3. The summed E-state index contributed by atoms with van der Waals surface area (Å²) in [6.07, 6.45) is 11.2. The van der Waals surface area contributed by atoms with Gasteiger partial charge in [-0.2, -0.15) is 0 Å². The Labute approximate surface area is 145 Å². The Balaban J connectivity index is 1.57. The number of rotatable bonds is 5. The minimum Gasteiger partial charge on any atom is -0.346 e. The fourth-order valence-electron chi connectivity index (χ4n) is 4.73. The molecule has 24 heavy (non-hydrogen) atoms. The van der Waals surface area contributed by atoms with Crippen LogP contribution in [0.2, 0.25) is 0 Å². The second kappa shape index (κ2) is 6.47. The molecule has 1 aromatic rings. The third-order valence-electron chi connectivity index (χ3n) is 6.29. The minimum absolute atomic E-state index is 0.0961. The fourth-order valence-corrected chi connectivity index (χ4v) is 4.73. The molecule has 1 N–H and O–H groups in total. The number of pyridine rings is 1. The van der Waals surface area contributed by atoms with Crippen LogP contribution in [-0.2, 0) is 4.79 Å². The molecule has 1 amide bonds. The molecule has 2 heterocycles. The molecule has 0 aromatic carbocycles. The molecule has 4 rings (SSSR count). The monoisotopic (exact) mass is 327 g/mol. The molecule has 1 aliphatic heterocycles. The van der Waals surface area contributed by atoms with Gasteiger partial charge >= 0.3 is 0 Å². The Hall–Kier alpha value is -1.42. The van der Waals surface area contributed by atoms with Crippen LogP contribution in [0.5, 0.6) is 0 Å². The average molecular weight is 327 g/mol. The molecule has 2 saturated carbocycles. The van der Waals surface area contributed by atoms with Gasteiger partial charge in [0.15, 0.2) is 0 Å². The summed E-state index contributed by atoms with van der Waals surface area (Å²) in [6.45, 7) is 4.28. The third kappa shape index (κ3) is 2.85. The van der Waals surface area contributed by atoms with Crippen molar-refractivity contribution >= 4 is 5.91 Å². The van der Waals surface area contributed by atoms with Crippen molar-refractivity contribution in [3.63, 3.8) is 0 Å². The van der Waals surface area contributed by atoms with E-state index < -0.39 is 0 Å². The highest BCUT2D eigenvalue weighted by atomic mass is 16.2. The van der Waals surface area contributed by atoms with Crippen LogP contribution in [0.4, 0.5) is 0 Å². The Bertz CT molecular complexity index is 599. The van der Waals surface area contributed by atoms with Crippen molar-refractivity contribution in [2.24, 2.45) is 5.92 Å². The Kier molecular flexibility index (Phi) is 4.33. The molecule has 3 fully saturated rings. The van der Waals surface area contributed by atoms with Crippen LogP contribution in [0.1, 0.15) is 68.7 Å². The number of amides is 1. The summed E-state index contributed by atoms with van der Waals surface area (Å²) in [6, 6.07) is 4.18. The lowest BCUT2D eigenvalue weighted by atomic mass is 9.92. The van der Waals surface area contributed by atoms with Crippen LogP contribution in [-0.4, -0.2) is 34.4 Å².